The van der Waals surface area contributed by atoms with Crippen LogP contribution in [0.1, 0.15) is 123 Å². The second kappa shape index (κ2) is 15.7. The highest BCUT2D eigenvalue weighted by Crippen LogP contribution is 2.31. The van der Waals surface area contributed by atoms with Gasteiger partial charge in [0, 0.05) is 6.42 Å². The summed E-state index contributed by atoms with van der Waals surface area (Å²) in [6, 6.07) is 0. The molecule has 0 spiro atoms. The second-order valence-electron chi connectivity index (χ2n) is 8.42. The maximum Gasteiger partial charge on any atom is 0.305 e. The summed E-state index contributed by atoms with van der Waals surface area (Å²) in [4.78, 5) is 11.8. The maximum atomic E-state index is 11.8. The van der Waals surface area contributed by atoms with Gasteiger partial charge in [0.05, 0.1) is 6.61 Å². The SMILES string of the molecule is CCCCCCCCCCCCOC(=O)CCCC1CCC(C)CC1. The predicted molar refractivity (Wildman–Crippen MR) is 108 cm³/mol. The minimum atomic E-state index is 0.0279. The molecular formula is C23H44O2. The fourth-order valence-corrected chi connectivity index (χ4v) is 4.00. The van der Waals surface area contributed by atoms with Gasteiger partial charge in [0.15, 0.2) is 0 Å². The Labute approximate surface area is 157 Å². The summed E-state index contributed by atoms with van der Waals surface area (Å²) in [6.07, 6.45) is 21.6. The fourth-order valence-electron chi connectivity index (χ4n) is 4.00. The van der Waals surface area contributed by atoms with Crippen LogP contribution >= 0.6 is 0 Å². The van der Waals surface area contributed by atoms with Crippen LogP contribution in [-0.4, -0.2) is 12.6 Å². The molecule has 0 atom stereocenters. The molecule has 25 heavy (non-hydrogen) atoms. The van der Waals surface area contributed by atoms with E-state index in [-0.39, 0.29) is 5.97 Å². The number of ether oxygens (including phenoxy) is 1. The van der Waals surface area contributed by atoms with Crippen molar-refractivity contribution in [1.82, 2.24) is 0 Å². The normalized spacial score (nSPS) is 20.6. The summed E-state index contributed by atoms with van der Waals surface area (Å²) in [5, 5.41) is 0. The minimum Gasteiger partial charge on any atom is -0.466 e. The molecule has 0 aromatic heterocycles. The molecule has 0 amide bonds. The first-order valence-electron chi connectivity index (χ1n) is 11.4. The third-order valence-corrected chi connectivity index (χ3v) is 5.89. The Morgan fingerprint density at radius 3 is 1.96 bits per heavy atom. The first kappa shape index (κ1) is 22.5. The molecule has 0 aliphatic heterocycles. The van der Waals surface area contributed by atoms with E-state index in [1.807, 2.05) is 0 Å². The summed E-state index contributed by atoms with van der Waals surface area (Å²) in [6.45, 7) is 5.27. The number of carbonyl (C=O) groups excluding carboxylic acids is 1. The Bertz CT molecular complexity index is 305. The van der Waals surface area contributed by atoms with E-state index < -0.39 is 0 Å². The summed E-state index contributed by atoms with van der Waals surface area (Å²) in [5.74, 6) is 1.81. The quantitative estimate of drug-likeness (QED) is 0.226. The zero-order valence-electron chi connectivity index (χ0n) is 17.2. The topological polar surface area (TPSA) is 26.3 Å². The first-order valence-corrected chi connectivity index (χ1v) is 11.4. The molecule has 0 aromatic rings. The van der Waals surface area contributed by atoms with Crippen LogP contribution in [0.4, 0.5) is 0 Å². The van der Waals surface area contributed by atoms with Crippen LogP contribution in [0.2, 0.25) is 0 Å². The molecule has 0 saturated heterocycles. The lowest BCUT2D eigenvalue weighted by molar-refractivity contribution is -0.143. The van der Waals surface area contributed by atoms with Gasteiger partial charge in [-0.1, -0.05) is 97.3 Å². The van der Waals surface area contributed by atoms with Gasteiger partial charge in [0.25, 0.3) is 0 Å². The molecular weight excluding hydrogens is 308 g/mol. The Balaban J connectivity index is 1.80. The standard InChI is InChI=1S/C23H44O2/c1-3-4-5-6-7-8-9-10-11-12-20-25-23(24)15-13-14-22-18-16-21(2)17-19-22/h21-22H,3-20H2,1-2H3. The van der Waals surface area contributed by atoms with Crippen molar-refractivity contribution in [2.24, 2.45) is 11.8 Å². The summed E-state index contributed by atoms with van der Waals surface area (Å²) < 4.78 is 5.38. The van der Waals surface area contributed by atoms with Crippen LogP contribution in [0.15, 0.2) is 0 Å². The maximum absolute atomic E-state index is 11.8. The highest BCUT2D eigenvalue weighted by atomic mass is 16.5. The van der Waals surface area contributed by atoms with Gasteiger partial charge in [0.2, 0.25) is 0 Å². The van der Waals surface area contributed by atoms with E-state index in [0.29, 0.717) is 13.0 Å². The lowest BCUT2D eigenvalue weighted by Gasteiger charge is -2.25. The van der Waals surface area contributed by atoms with E-state index in [2.05, 4.69) is 13.8 Å². The molecule has 0 radical (unpaired) electrons. The van der Waals surface area contributed by atoms with E-state index in [1.54, 1.807) is 0 Å². The number of hydrogen-bond acceptors (Lipinski definition) is 2. The van der Waals surface area contributed by atoms with E-state index in [4.69, 9.17) is 4.74 Å². The molecule has 1 saturated carbocycles. The van der Waals surface area contributed by atoms with Gasteiger partial charge in [-0.25, -0.2) is 0 Å². The van der Waals surface area contributed by atoms with Gasteiger partial charge in [-0.2, -0.15) is 0 Å². The van der Waals surface area contributed by atoms with Crippen LogP contribution in [0, 0.1) is 11.8 Å². The molecule has 2 nitrogen and oxygen atoms in total. The zero-order chi connectivity index (χ0) is 18.2. The van der Waals surface area contributed by atoms with Crippen molar-refractivity contribution >= 4 is 5.97 Å². The van der Waals surface area contributed by atoms with Gasteiger partial charge >= 0.3 is 5.97 Å². The van der Waals surface area contributed by atoms with Crippen LogP contribution in [-0.2, 0) is 9.53 Å². The average Bonchev–Trinajstić information content (AvgIpc) is 2.61. The Morgan fingerprint density at radius 1 is 0.800 bits per heavy atom. The Kier molecular flexibility index (Phi) is 14.1. The lowest BCUT2D eigenvalue weighted by Crippen LogP contribution is -2.13. The Morgan fingerprint density at radius 2 is 1.36 bits per heavy atom. The molecule has 0 bridgehead atoms. The van der Waals surface area contributed by atoms with Crippen LogP contribution in [0.5, 0.6) is 0 Å². The van der Waals surface area contributed by atoms with Crippen molar-refractivity contribution in [2.45, 2.75) is 123 Å². The molecule has 1 aliphatic carbocycles. The molecule has 0 heterocycles. The van der Waals surface area contributed by atoms with Crippen molar-refractivity contribution < 1.29 is 9.53 Å². The summed E-state index contributed by atoms with van der Waals surface area (Å²) in [5.41, 5.74) is 0. The van der Waals surface area contributed by atoms with Gasteiger partial charge in [-0.3, -0.25) is 4.79 Å². The molecule has 148 valence electrons. The summed E-state index contributed by atoms with van der Waals surface area (Å²) >= 11 is 0. The van der Waals surface area contributed by atoms with Gasteiger partial charge in [0.1, 0.15) is 0 Å². The van der Waals surface area contributed by atoms with E-state index in [0.717, 1.165) is 24.7 Å². The number of rotatable bonds is 15. The van der Waals surface area contributed by atoms with Crippen LogP contribution < -0.4 is 0 Å². The fraction of sp³-hybridized carbons (Fsp3) is 0.957. The molecule has 2 heteroatoms. The molecule has 0 N–H and O–H groups in total. The molecule has 1 rings (SSSR count). The lowest BCUT2D eigenvalue weighted by atomic mass is 9.81. The number of hydrogen-bond donors (Lipinski definition) is 0. The number of carbonyl (C=O) groups is 1. The first-order chi connectivity index (χ1) is 12.2. The monoisotopic (exact) mass is 352 g/mol. The van der Waals surface area contributed by atoms with Crippen molar-refractivity contribution in [1.29, 1.82) is 0 Å². The van der Waals surface area contributed by atoms with Crippen molar-refractivity contribution in [3.8, 4) is 0 Å². The van der Waals surface area contributed by atoms with Crippen molar-refractivity contribution in [3.05, 3.63) is 0 Å². The minimum absolute atomic E-state index is 0.0279. The summed E-state index contributed by atoms with van der Waals surface area (Å²) in [7, 11) is 0. The Hall–Kier alpha value is -0.530. The average molecular weight is 353 g/mol. The predicted octanol–water partition coefficient (Wildman–Crippen LogP) is 7.45. The number of esters is 1. The molecule has 0 unspecified atom stereocenters. The smallest absolute Gasteiger partial charge is 0.305 e. The van der Waals surface area contributed by atoms with Crippen LogP contribution in [0.25, 0.3) is 0 Å². The van der Waals surface area contributed by atoms with Gasteiger partial charge < -0.3 is 4.74 Å². The van der Waals surface area contributed by atoms with Crippen molar-refractivity contribution in [3.63, 3.8) is 0 Å². The van der Waals surface area contributed by atoms with E-state index in [1.165, 1.54) is 89.9 Å². The highest BCUT2D eigenvalue weighted by Gasteiger charge is 2.18. The third kappa shape index (κ3) is 13.3. The second-order valence-corrected chi connectivity index (χ2v) is 8.42. The van der Waals surface area contributed by atoms with Crippen molar-refractivity contribution in [2.75, 3.05) is 6.61 Å². The largest absolute Gasteiger partial charge is 0.466 e. The van der Waals surface area contributed by atoms with Crippen LogP contribution in [0.3, 0.4) is 0 Å². The molecule has 1 fully saturated rings. The molecule has 0 aromatic carbocycles. The zero-order valence-corrected chi connectivity index (χ0v) is 17.2. The molecule has 1 aliphatic rings. The number of unbranched alkanes of at least 4 members (excludes halogenated alkanes) is 9. The van der Waals surface area contributed by atoms with Gasteiger partial charge in [-0.05, 0) is 31.1 Å². The highest BCUT2D eigenvalue weighted by molar-refractivity contribution is 5.69. The van der Waals surface area contributed by atoms with E-state index >= 15 is 0 Å². The van der Waals surface area contributed by atoms with Gasteiger partial charge in [-0.15, -0.1) is 0 Å². The third-order valence-electron chi connectivity index (χ3n) is 5.89. The van der Waals surface area contributed by atoms with E-state index in [9.17, 15) is 4.79 Å².